The molecule has 0 saturated heterocycles. The van der Waals surface area contributed by atoms with E-state index in [4.69, 9.17) is 8.83 Å². The topological polar surface area (TPSA) is 29.5 Å². The zero-order valence-corrected chi connectivity index (χ0v) is 29.8. The Balaban J connectivity index is 1.06. The Morgan fingerprint density at radius 2 is 0.927 bits per heavy atom. The zero-order chi connectivity index (χ0) is 36.3. The molecule has 0 bridgehead atoms. The number of nitrogens with zero attached hydrogens (tertiary/aromatic N) is 1. The normalized spacial score (nSPS) is 11.6. The van der Waals surface area contributed by atoms with E-state index in [-0.39, 0.29) is 0 Å². The van der Waals surface area contributed by atoms with Crippen molar-refractivity contribution in [3.8, 4) is 33.4 Å². The average Bonchev–Trinajstić information content (AvgIpc) is 3.84. The van der Waals surface area contributed by atoms with Crippen molar-refractivity contribution in [3.05, 3.63) is 200 Å². The van der Waals surface area contributed by atoms with Gasteiger partial charge in [0.15, 0.2) is 5.58 Å². The first-order chi connectivity index (χ1) is 27.3. The fourth-order valence-electron chi connectivity index (χ4n) is 8.23. The zero-order valence-electron chi connectivity index (χ0n) is 29.8. The molecule has 0 amide bonds. The van der Waals surface area contributed by atoms with Crippen molar-refractivity contribution in [3.63, 3.8) is 0 Å². The van der Waals surface area contributed by atoms with Crippen LogP contribution in [-0.4, -0.2) is 0 Å². The molecular formula is C52H33NO2. The number of fused-ring (bicyclic) bond motifs is 8. The monoisotopic (exact) mass is 703 g/mol. The molecule has 0 saturated carbocycles. The van der Waals surface area contributed by atoms with E-state index in [9.17, 15) is 0 Å². The molecule has 0 radical (unpaired) electrons. The lowest BCUT2D eigenvalue weighted by atomic mass is 9.97. The van der Waals surface area contributed by atoms with Crippen LogP contribution in [0, 0.1) is 0 Å². The second-order valence-electron chi connectivity index (χ2n) is 14.1. The van der Waals surface area contributed by atoms with Gasteiger partial charge in [0.05, 0.1) is 5.69 Å². The molecule has 0 atom stereocenters. The summed E-state index contributed by atoms with van der Waals surface area (Å²) in [5.41, 5.74) is 13.6. The van der Waals surface area contributed by atoms with Gasteiger partial charge in [-0.2, -0.15) is 0 Å². The van der Waals surface area contributed by atoms with Gasteiger partial charge in [-0.05, 0) is 87.3 Å². The Bertz CT molecular complexity index is 3190. The van der Waals surface area contributed by atoms with E-state index in [1.807, 2.05) is 12.1 Å². The standard InChI is InChI=1S/C52H33NO2/c1-2-11-34(12-3-1)35-23-25-36(26-24-35)37-27-30-40(31-28-37)53(47-20-9-19-45-44-17-6-7-21-48(44)54-52(45)47)41-15-8-14-39(33-41)42-18-10-22-49-50(42)46-32-29-38-13-4-5-16-43(38)51(46)55-49/h1-33H. The molecule has 0 aliphatic heterocycles. The number of hydrogen-bond acceptors (Lipinski definition) is 3. The maximum Gasteiger partial charge on any atom is 0.159 e. The third-order valence-electron chi connectivity index (χ3n) is 10.9. The third kappa shape index (κ3) is 5.20. The van der Waals surface area contributed by atoms with Gasteiger partial charge in [-0.3, -0.25) is 0 Å². The molecule has 0 aliphatic carbocycles. The first kappa shape index (κ1) is 31.2. The van der Waals surface area contributed by atoms with Gasteiger partial charge in [0.2, 0.25) is 0 Å². The van der Waals surface area contributed by atoms with Crippen LogP contribution in [0.2, 0.25) is 0 Å². The minimum absolute atomic E-state index is 0.851. The van der Waals surface area contributed by atoms with Crippen molar-refractivity contribution < 1.29 is 8.83 Å². The summed E-state index contributed by atoms with van der Waals surface area (Å²) < 4.78 is 13.2. The molecule has 0 fully saturated rings. The van der Waals surface area contributed by atoms with Gasteiger partial charge in [-0.1, -0.05) is 152 Å². The van der Waals surface area contributed by atoms with Crippen molar-refractivity contribution in [2.24, 2.45) is 0 Å². The molecular weight excluding hydrogens is 671 g/mol. The molecule has 3 heteroatoms. The van der Waals surface area contributed by atoms with Gasteiger partial charge < -0.3 is 13.7 Å². The van der Waals surface area contributed by atoms with Crippen molar-refractivity contribution in [1.29, 1.82) is 0 Å². The molecule has 0 aliphatic rings. The minimum atomic E-state index is 0.851. The molecule has 0 N–H and O–H groups in total. The van der Waals surface area contributed by atoms with Crippen LogP contribution in [-0.2, 0) is 0 Å². The SMILES string of the molecule is c1ccc(-c2ccc(-c3ccc(N(c4cccc(-c5cccc6oc7c8ccccc8ccc7c56)c4)c4cccc5c4oc4ccccc45)cc3)cc2)cc1. The van der Waals surface area contributed by atoms with Crippen molar-refractivity contribution >= 4 is 71.7 Å². The van der Waals surface area contributed by atoms with Crippen molar-refractivity contribution in [1.82, 2.24) is 0 Å². The van der Waals surface area contributed by atoms with Crippen LogP contribution >= 0.6 is 0 Å². The molecule has 11 aromatic rings. The molecule has 2 aromatic heterocycles. The summed E-state index contributed by atoms with van der Waals surface area (Å²) in [6, 6.07) is 70.9. The number of rotatable bonds is 6. The largest absolute Gasteiger partial charge is 0.455 e. The lowest BCUT2D eigenvalue weighted by molar-refractivity contribution is 0.669. The highest BCUT2D eigenvalue weighted by atomic mass is 16.3. The van der Waals surface area contributed by atoms with Crippen LogP contribution in [0.5, 0.6) is 0 Å². The van der Waals surface area contributed by atoms with Crippen molar-refractivity contribution in [2.45, 2.75) is 0 Å². The highest BCUT2D eigenvalue weighted by molar-refractivity contribution is 6.19. The fraction of sp³-hybridized carbons (Fsp3) is 0. The Morgan fingerprint density at radius 3 is 1.75 bits per heavy atom. The van der Waals surface area contributed by atoms with Crippen LogP contribution in [0.25, 0.3) is 88.0 Å². The molecule has 258 valence electrons. The molecule has 55 heavy (non-hydrogen) atoms. The number of hydrogen-bond donors (Lipinski definition) is 0. The van der Waals surface area contributed by atoms with Crippen LogP contribution < -0.4 is 4.90 Å². The summed E-state index contributed by atoms with van der Waals surface area (Å²) in [5, 5.41) is 6.72. The molecule has 0 spiro atoms. The predicted octanol–water partition coefficient (Wildman–Crippen LogP) is 15.1. The Labute approximate surface area is 317 Å². The van der Waals surface area contributed by atoms with Gasteiger partial charge in [-0.25, -0.2) is 0 Å². The predicted molar refractivity (Wildman–Crippen MR) is 229 cm³/mol. The Morgan fingerprint density at radius 1 is 0.327 bits per heavy atom. The highest BCUT2D eigenvalue weighted by Gasteiger charge is 2.21. The van der Waals surface area contributed by atoms with Crippen LogP contribution in [0.15, 0.2) is 209 Å². The fourth-order valence-corrected chi connectivity index (χ4v) is 8.23. The molecule has 11 rings (SSSR count). The van der Waals surface area contributed by atoms with Gasteiger partial charge in [0.1, 0.15) is 16.7 Å². The smallest absolute Gasteiger partial charge is 0.159 e. The Hall–Kier alpha value is -7.36. The van der Waals surface area contributed by atoms with Gasteiger partial charge in [-0.15, -0.1) is 0 Å². The third-order valence-corrected chi connectivity index (χ3v) is 10.9. The summed E-state index contributed by atoms with van der Waals surface area (Å²) in [6.45, 7) is 0. The highest BCUT2D eigenvalue weighted by Crippen LogP contribution is 2.45. The van der Waals surface area contributed by atoms with E-state index in [2.05, 4.69) is 193 Å². The maximum atomic E-state index is 6.64. The second-order valence-corrected chi connectivity index (χ2v) is 14.1. The van der Waals surface area contributed by atoms with E-state index < -0.39 is 0 Å². The molecule has 9 aromatic carbocycles. The quantitative estimate of drug-likeness (QED) is 0.173. The van der Waals surface area contributed by atoms with Crippen LogP contribution in [0.3, 0.4) is 0 Å². The van der Waals surface area contributed by atoms with Crippen molar-refractivity contribution in [2.75, 3.05) is 4.90 Å². The summed E-state index contributed by atoms with van der Waals surface area (Å²) in [6.07, 6.45) is 0. The van der Waals surface area contributed by atoms with Crippen LogP contribution in [0.1, 0.15) is 0 Å². The summed E-state index contributed by atoms with van der Waals surface area (Å²) >= 11 is 0. The first-order valence-corrected chi connectivity index (χ1v) is 18.7. The van der Waals surface area contributed by atoms with Gasteiger partial charge in [0.25, 0.3) is 0 Å². The van der Waals surface area contributed by atoms with Gasteiger partial charge >= 0.3 is 0 Å². The number of para-hydroxylation sites is 2. The summed E-state index contributed by atoms with van der Waals surface area (Å²) in [5.74, 6) is 0. The first-order valence-electron chi connectivity index (χ1n) is 18.7. The molecule has 0 unspecified atom stereocenters. The van der Waals surface area contributed by atoms with E-state index in [1.165, 1.54) is 22.1 Å². The number of benzene rings is 9. The number of anilines is 3. The van der Waals surface area contributed by atoms with E-state index in [1.54, 1.807) is 0 Å². The van der Waals surface area contributed by atoms with Crippen LogP contribution in [0.4, 0.5) is 17.1 Å². The maximum absolute atomic E-state index is 6.64. The van der Waals surface area contributed by atoms with Gasteiger partial charge in [0, 0.05) is 38.3 Å². The molecule has 3 nitrogen and oxygen atoms in total. The van der Waals surface area contributed by atoms with E-state index in [0.29, 0.717) is 0 Å². The lowest BCUT2D eigenvalue weighted by Crippen LogP contribution is -2.10. The average molecular weight is 704 g/mol. The molecule has 2 heterocycles. The summed E-state index contributed by atoms with van der Waals surface area (Å²) in [4.78, 5) is 2.32. The Kier molecular flexibility index (Phi) is 7.17. The van der Waals surface area contributed by atoms with E-state index in [0.717, 1.165) is 83.0 Å². The minimum Gasteiger partial charge on any atom is -0.455 e. The second kappa shape index (κ2) is 12.6. The number of furan rings is 2. The van der Waals surface area contributed by atoms with E-state index >= 15 is 0 Å². The summed E-state index contributed by atoms with van der Waals surface area (Å²) in [7, 11) is 0. The lowest BCUT2D eigenvalue weighted by Gasteiger charge is -2.26.